The first-order valence-corrected chi connectivity index (χ1v) is 6.38. The van der Waals surface area contributed by atoms with Crippen molar-refractivity contribution in [1.82, 2.24) is 0 Å². The molecule has 0 fully saturated rings. The Morgan fingerprint density at radius 2 is 1.74 bits per heavy atom. The fraction of sp³-hybridized carbons (Fsp3) is 0.533. The topological polar surface area (TPSA) is 44.8 Å². The summed E-state index contributed by atoms with van der Waals surface area (Å²) in [6.45, 7) is 10.2. The van der Waals surface area contributed by atoms with Gasteiger partial charge in [0.1, 0.15) is 5.75 Å². The van der Waals surface area contributed by atoms with Crippen molar-refractivity contribution >= 4 is 5.97 Å². The largest absolute Gasteiger partial charge is 0.491 e. The number of hydrogen-bond acceptors (Lipinski definition) is 4. The number of carbonyl (C=O) groups is 1. The van der Waals surface area contributed by atoms with E-state index in [1.54, 1.807) is 24.3 Å². The van der Waals surface area contributed by atoms with Crippen LogP contribution in [0.4, 0.5) is 0 Å². The maximum atomic E-state index is 11.7. The molecule has 0 saturated heterocycles. The Bertz CT molecular complexity index is 401. The van der Waals surface area contributed by atoms with Crippen molar-refractivity contribution in [3.8, 4) is 5.75 Å². The van der Waals surface area contributed by atoms with Gasteiger partial charge < -0.3 is 4.74 Å². The predicted octanol–water partition coefficient (Wildman–Crippen LogP) is 3.61. The number of rotatable bonds is 5. The average molecular weight is 266 g/mol. The minimum atomic E-state index is -0.500. The summed E-state index contributed by atoms with van der Waals surface area (Å²) in [5, 5.41) is 0. The van der Waals surface area contributed by atoms with Crippen molar-refractivity contribution in [2.45, 2.75) is 40.7 Å². The van der Waals surface area contributed by atoms with E-state index in [4.69, 9.17) is 14.5 Å². The second-order valence-electron chi connectivity index (χ2n) is 5.88. The van der Waals surface area contributed by atoms with Crippen LogP contribution in [0.1, 0.15) is 45.0 Å². The molecule has 1 rings (SSSR count). The molecule has 0 aliphatic carbocycles. The third kappa shape index (κ3) is 6.25. The molecule has 4 heteroatoms. The Balaban J connectivity index is 2.49. The molecule has 0 radical (unpaired) electrons. The van der Waals surface area contributed by atoms with E-state index < -0.39 is 5.97 Å². The summed E-state index contributed by atoms with van der Waals surface area (Å²) in [5.74, 6) is 0.225. The average Bonchev–Trinajstić information content (AvgIpc) is 2.27. The van der Waals surface area contributed by atoms with E-state index in [1.807, 2.05) is 34.6 Å². The Hall–Kier alpha value is -1.55. The van der Waals surface area contributed by atoms with Crippen LogP contribution < -0.4 is 4.74 Å². The Morgan fingerprint density at radius 1 is 1.16 bits per heavy atom. The van der Waals surface area contributed by atoms with Crippen molar-refractivity contribution in [3.63, 3.8) is 0 Å². The molecule has 0 spiro atoms. The monoisotopic (exact) mass is 266 g/mol. The van der Waals surface area contributed by atoms with Crippen LogP contribution >= 0.6 is 0 Å². The summed E-state index contributed by atoms with van der Waals surface area (Å²) < 4.78 is 5.49. The maximum Gasteiger partial charge on any atom is 0.373 e. The lowest BCUT2D eigenvalue weighted by atomic mass is 9.99. The SMILES string of the molecule is CC(C)Oc1ccc(C(=O)OOCC(C)(C)C)cc1. The van der Waals surface area contributed by atoms with Gasteiger partial charge in [0, 0.05) is 0 Å². The van der Waals surface area contributed by atoms with E-state index in [0.29, 0.717) is 12.2 Å². The molecule has 0 N–H and O–H groups in total. The second-order valence-corrected chi connectivity index (χ2v) is 5.88. The van der Waals surface area contributed by atoms with Crippen LogP contribution in [0.2, 0.25) is 0 Å². The van der Waals surface area contributed by atoms with Gasteiger partial charge in [-0.15, -0.1) is 0 Å². The first-order valence-electron chi connectivity index (χ1n) is 6.38. The lowest BCUT2D eigenvalue weighted by molar-refractivity contribution is -0.255. The highest BCUT2D eigenvalue weighted by Gasteiger charge is 2.14. The molecule has 0 aliphatic rings. The zero-order valence-electron chi connectivity index (χ0n) is 12.2. The van der Waals surface area contributed by atoms with Gasteiger partial charge >= 0.3 is 5.97 Å². The molecular formula is C15H22O4. The molecule has 1 aromatic carbocycles. The molecule has 0 atom stereocenters. The zero-order valence-corrected chi connectivity index (χ0v) is 12.2. The van der Waals surface area contributed by atoms with Crippen molar-refractivity contribution in [2.75, 3.05) is 6.61 Å². The van der Waals surface area contributed by atoms with Gasteiger partial charge in [0.25, 0.3) is 0 Å². The van der Waals surface area contributed by atoms with Crippen LogP contribution in [-0.2, 0) is 9.78 Å². The standard InChI is InChI=1S/C15H22O4/c1-11(2)18-13-8-6-12(7-9-13)14(16)19-17-10-15(3,4)5/h6-9,11H,10H2,1-5H3. The molecule has 0 bridgehead atoms. The minimum absolute atomic E-state index is 0.0464. The third-order valence-corrected chi connectivity index (χ3v) is 2.09. The van der Waals surface area contributed by atoms with Crippen molar-refractivity contribution in [2.24, 2.45) is 5.41 Å². The van der Waals surface area contributed by atoms with Gasteiger partial charge in [0.05, 0.1) is 18.3 Å². The van der Waals surface area contributed by atoms with Gasteiger partial charge in [-0.1, -0.05) is 20.8 Å². The predicted molar refractivity (Wildman–Crippen MR) is 73.0 cm³/mol. The summed E-state index contributed by atoms with van der Waals surface area (Å²) in [6.07, 6.45) is 0.105. The fourth-order valence-electron chi connectivity index (χ4n) is 1.25. The smallest absolute Gasteiger partial charge is 0.373 e. The van der Waals surface area contributed by atoms with E-state index in [9.17, 15) is 4.79 Å². The molecule has 0 saturated carbocycles. The lowest BCUT2D eigenvalue weighted by Gasteiger charge is -2.16. The Kier molecular flexibility index (Phi) is 5.36. The molecule has 0 aliphatic heterocycles. The Labute approximate surface area is 114 Å². The van der Waals surface area contributed by atoms with Gasteiger partial charge in [0.2, 0.25) is 0 Å². The van der Waals surface area contributed by atoms with E-state index in [1.165, 1.54) is 0 Å². The summed E-state index contributed by atoms with van der Waals surface area (Å²) >= 11 is 0. The van der Waals surface area contributed by atoms with Crippen molar-refractivity contribution in [3.05, 3.63) is 29.8 Å². The minimum Gasteiger partial charge on any atom is -0.491 e. The second kappa shape index (κ2) is 6.57. The summed E-state index contributed by atoms with van der Waals surface area (Å²) in [7, 11) is 0. The number of benzene rings is 1. The Morgan fingerprint density at radius 3 is 2.21 bits per heavy atom. The highest BCUT2D eigenvalue weighted by molar-refractivity contribution is 5.89. The molecular weight excluding hydrogens is 244 g/mol. The van der Waals surface area contributed by atoms with Crippen LogP contribution in [0.5, 0.6) is 5.75 Å². The molecule has 0 aromatic heterocycles. The molecule has 19 heavy (non-hydrogen) atoms. The van der Waals surface area contributed by atoms with Gasteiger partial charge in [0.15, 0.2) is 0 Å². The summed E-state index contributed by atoms with van der Waals surface area (Å²) in [6, 6.07) is 6.78. The molecule has 0 heterocycles. The van der Waals surface area contributed by atoms with Gasteiger partial charge in [-0.2, -0.15) is 4.89 Å². The molecule has 106 valence electrons. The van der Waals surface area contributed by atoms with E-state index in [-0.39, 0.29) is 11.5 Å². The zero-order chi connectivity index (χ0) is 14.5. The van der Waals surface area contributed by atoms with Gasteiger partial charge in [-0.3, -0.25) is 4.89 Å². The molecule has 0 amide bonds. The maximum absolute atomic E-state index is 11.7. The van der Waals surface area contributed by atoms with Crippen LogP contribution in [0.3, 0.4) is 0 Å². The number of ether oxygens (including phenoxy) is 1. The third-order valence-electron chi connectivity index (χ3n) is 2.09. The van der Waals surface area contributed by atoms with Crippen molar-refractivity contribution < 1.29 is 19.3 Å². The van der Waals surface area contributed by atoms with Crippen LogP contribution in [0, 0.1) is 5.41 Å². The van der Waals surface area contributed by atoms with E-state index in [0.717, 1.165) is 5.75 Å². The highest BCUT2D eigenvalue weighted by Crippen LogP contribution is 2.16. The van der Waals surface area contributed by atoms with Gasteiger partial charge in [-0.05, 0) is 43.5 Å². The van der Waals surface area contributed by atoms with Gasteiger partial charge in [-0.25, -0.2) is 4.79 Å². The molecule has 4 nitrogen and oxygen atoms in total. The molecule has 0 unspecified atom stereocenters. The number of carbonyl (C=O) groups excluding carboxylic acids is 1. The highest BCUT2D eigenvalue weighted by atomic mass is 17.2. The number of hydrogen-bond donors (Lipinski definition) is 0. The first-order chi connectivity index (χ1) is 8.78. The normalized spacial score (nSPS) is 11.5. The van der Waals surface area contributed by atoms with E-state index >= 15 is 0 Å². The quantitative estimate of drug-likeness (QED) is 0.603. The van der Waals surface area contributed by atoms with Crippen LogP contribution in [-0.4, -0.2) is 18.7 Å². The lowest BCUT2D eigenvalue weighted by Crippen LogP contribution is -2.17. The first kappa shape index (κ1) is 15.5. The van der Waals surface area contributed by atoms with Crippen molar-refractivity contribution in [1.29, 1.82) is 0 Å². The fourth-order valence-corrected chi connectivity index (χ4v) is 1.25. The molecule has 1 aromatic rings. The van der Waals surface area contributed by atoms with Crippen LogP contribution in [0.15, 0.2) is 24.3 Å². The van der Waals surface area contributed by atoms with E-state index in [2.05, 4.69) is 0 Å². The summed E-state index contributed by atoms with van der Waals surface area (Å²) in [5.41, 5.74) is 0.389. The summed E-state index contributed by atoms with van der Waals surface area (Å²) in [4.78, 5) is 21.3. The van der Waals surface area contributed by atoms with Crippen LogP contribution in [0.25, 0.3) is 0 Å².